The third-order valence-corrected chi connectivity index (χ3v) is 2.51. The van der Waals surface area contributed by atoms with Gasteiger partial charge in [-0.05, 0) is 13.8 Å². The van der Waals surface area contributed by atoms with Crippen molar-refractivity contribution in [1.82, 2.24) is 4.90 Å². The summed E-state index contributed by atoms with van der Waals surface area (Å²) < 4.78 is 44.4. The fourth-order valence-electron chi connectivity index (χ4n) is 1.59. The average molecular weight is 289 g/mol. The number of nitrogens with zero attached hydrogens (tertiary/aromatic N) is 1. The molecule has 0 saturated carbocycles. The van der Waals surface area contributed by atoms with E-state index in [1.807, 2.05) is 0 Å². The largest absolute Gasteiger partial charge is 0.465 e. The maximum Gasteiger partial charge on any atom is 0.325 e. The highest BCUT2D eigenvalue weighted by molar-refractivity contribution is 5.96. The van der Waals surface area contributed by atoms with E-state index in [2.05, 4.69) is 4.74 Å². The summed E-state index contributed by atoms with van der Waals surface area (Å²) in [5.74, 6) is -5.46. The highest BCUT2D eigenvalue weighted by atomic mass is 19.1. The Hall–Kier alpha value is -2.05. The van der Waals surface area contributed by atoms with Crippen molar-refractivity contribution in [2.24, 2.45) is 0 Å². The number of hydrogen-bond acceptors (Lipinski definition) is 3. The highest BCUT2D eigenvalue weighted by Gasteiger charge is 2.25. The van der Waals surface area contributed by atoms with Gasteiger partial charge in [-0.2, -0.15) is 0 Å². The van der Waals surface area contributed by atoms with Crippen LogP contribution in [0.5, 0.6) is 0 Å². The Balaban J connectivity index is 3.00. The number of rotatable bonds is 5. The van der Waals surface area contributed by atoms with Crippen LogP contribution in [0.25, 0.3) is 0 Å². The Kier molecular flexibility index (Phi) is 5.54. The zero-order valence-electron chi connectivity index (χ0n) is 11.1. The number of likely N-dealkylation sites (N-methyl/N-ethyl adjacent to an activating group) is 1. The smallest absolute Gasteiger partial charge is 0.325 e. The van der Waals surface area contributed by atoms with Crippen LogP contribution in [-0.2, 0) is 9.53 Å². The van der Waals surface area contributed by atoms with Crippen LogP contribution in [-0.4, -0.2) is 36.5 Å². The second-order valence-electron chi connectivity index (χ2n) is 3.87. The molecule has 20 heavy (non-hydrogen) atoms. The maximum atomic E-state index is 13.5. The first-order valence-electron chi connectivity index (χ1n) is 6.00. The number of carbonyl (C=O) groups excluding carboxylic acids is 2. The van der Waals surface area contributed by atoms with Crippen molar-refractivity contribution in [2.45, 2.75) is 13.8 Å². The summed E-state index contributed by atoms with van der Waals surface area (Å²) in [6.45, 7) is 2.88. The first-order valence-corrected chi connectivity index (χ1v) is 6.00. The van der Waals surface area contributed by atoms with Crippen LogP contribution in [0.3, 0.4) is 0 Å². The molecule has 0 aliphatic heterocycles. The Morgan fingerprint density at radius 3 is 2.15 bits per heavy atom. The van der Waals surface area contributed by atoms with Crippen LogP contribution in [0, 0.1) is 17.5 Å². The highest BCUT2D eigenvalue weighted by Crippen LogP contribution is 2.17. The first-order chi connectivity index (χ1) is 9.40. The average Bonchev–Trinajstić information content (AvgIpc) is 2.34. The summed E-state index contributed by atoms with van der Waals surface area (Å²) in [5.41, 5.74) is -0.891. The van der Waals surface area contributed by atoms with Gasteiger partial charge in [0.25, 0.3) is 5.91 Å². The van der Waals surface area contributed by atoms with Gasteiger partial charge in [0.1, 0.15) is 29.6 Å². The molecule has 1 amide bonds. The second-order valence-corrected chi connectivity index (χ2v) is 3.87. The summed E-state index contributed by atoms with van der Waals surface area (Å²) in [4.78, 5) is 24.2. The molecule has 7 heteroatoms. The number of ether oxygens (including phenoxy) is 1. The maximum absolute atomic E-state index is 13.5. The summed E-state index contributed by atoms with van der Waals surface area (Å²) in [6.07, 6.45) is 0. The molecule has 1 aromatic rings. The molecule has 4 nitrogen and oxygen atoms in total. The van der Waals surface area contributed by atoms with Gasteiger partial charge in [0.15, 0.2) is 0 Å². The van der Waals surface area contributed by atoms with E-state index in [-0.39, 0.29) is 13.2 Å². The molecule has 110 valence electrons. The van der Waals surface area contributed by atoms with Gasteiger partial charge < -0.3 is 9.64 Å². The zero-order valence-corrected chi connectivity index (χ0v) is 11.1. The van der Waals surface area contributed by atoms with Crippen molar-refractivity contribution in [3.05, 3.63) is 35.1 Å². The van der Waals surface area contributed by atoms with Gasteiger partial charge in [0, 0.05) is 18.7 Å². The van der Waals surface area contributed by atoms with Gasteiger partial charge in [-0.15, -0.1) is 0 Å². The summed E-state index contributed by atoms with van der Waals surface area (Å²) in [5, 5.41) is 0. The van der Waals surface area contributed by atoms with E-state index in [0.29, 0.717) is 12.1 Å². The van der Waals surface area contributed by atoms with Gasteiger partial charge in [-0.3, -0.25) is 9.59 Å². The molecule has 0 fully saturated rings. The third kappa shape index (κ3) is 3.72. The Bertz CT molecular complexity index is 497. The van der Waals surface area contributed by atoms with E-state index < -0.39 is 41.4 Å². The lowest BCUT2D eigenvalue weighted by molar-refractivity contribution is -0.143. The predicted octanol–water partition coefficient (Wildman–Crippen LogP) is 2.13. The molecular formula is C13H14F3NO3. The van der Waals surface area contributed by atoms with Crippen molar-refractivity contribution < 1.29 is 27.5 Å². The summed E-state index contributed by atoms with van der Waals surface area (Å²) in [7, 11) is 0. The number of halogens is 3. The Morgan fingerprint density at radius 1 is 1.15 bits per heavy atom. The van der Waals surface area contributed by atoms with Gasteiger partial charge in [0.05, 0.1) is 6.61 Å². The molecule has 0 aliphatic rings. The molecule has 0 unspecified atom stereocenters. The Morgan fingerprint density at radius 2 is 1.70 bits per heavy atom. The fourth-order valence-corrected chi connectivity index (χ4v) is 1.59. The number of benzene rings is 1. The monoisotopic (exact) mass is 289 g/mol. The van der Waals surface area contributed by atoms with Gasteiger partial charge in [-0.1, -0.05) is 0 Å². The topological polar surface area (TPSA) is 46.6 Å². The minimum Gasteiger partial charge on any atom is -0.465 e. The first kappa shape index (κ1) is 16.0. The summed E-state index contributed by atoms with van der Waals surface area (Å²) in [6, 6.07) is 0.822. The van der Waals surface area contributed by atoms with E-state index in [4.69, 9.17) is 0 Å². The second kappa shape index (κ2) is 6.93. The van der Waals surface area contributed by atoms with Crippen molar-refractivity contribution in [3.8, 4) is 0 Å². The molecule has 0 radical (unpaired) electrons. The predicted molar refractivity (Wildman–Crippen MR) is 64.5 cm³/mol. The molecule has 0 atom stereocenters. The van der Waals surface area contributed by atoms with Crippen LogP contribution >= 0.6 is 0 Å². The fraction of sp³-hybridized carbons (Fsp3) is 0.385. The number of amides is 1. The standard InChI is InChI=1S/C13H14F3NO3/c1-3-17(7-11(18)20-4-2)13(19)12-9(15)5-8(14)6-10(12)16/h5-6H,3-4,7H2,1-2H3. The number of esters is 1. The van der Waals surface area contributed by atoms with Gasteiger partial charge in [0.2, 0.25) is 0 Å². The van der Waals surface area contributed by atoms with Gasteiger partial charge >= 0.3 is 5.97 Å². The quantitative estimate of drug-likeness (QED) is 0.780. The lowest BCUT2D eigenvalue weighted by Gasteiger charge is -2.20. The van der Waals surface area contributed by atoms with Crippen LogP contribution < -0.4 is 0 Å². The third-order valence-electron chi connectivity index (χ3n) is 2.51. The van der Waals surface area contributed by atoms with Gasteiger partial charge in [-0.25, -0.2) is 13.2 Å². The molecular weight excluding hydrogens is 275 g/mol. The number of carbonyl (C=O) groups is 2. The van der Waals surface area contributed by atoms with Crippen LogP contribution in [0.2, 0.25) is 0 Å². The van der Waals surface area contributed by atoms with Crippen molar-refractivity contribution >= 4 is 11.9 Å². The van der Waals surface area contributed by atoms with E-state index in [9.17, 15) is 22.8 Å². The van der Waals surface area contributed by atoms with Crippen LogP contribution in [0.15, 0.2) is 12.1 Å². The molecule has 0 bridgehead atoms. The van der Waals surface area contributed by atoms with Crippen LogP contribution in [0.4, 0.5) is 13.2 Å². The molecule has 0 heterocycles. The van der Waals surface area contributed by atoms with E-state index in [0.717, 1.165) is 4.90 Å². The molecule has 0 saturated heterocycles. The molecule has 1 rings (SSSR count). The number of hydrogen-bond donors (Lipinski definition) is 0. The van der Waals surface area contributed by atoms with E-state index in [1.165, 1.54) is 6.92 Å². The molecule has 0 N–H and O–H groups in total. The normalized spacial score (nSPS) is 10.2. The zero-order chi connectivity index (χ0) is 15.3. The van der Waals surface area contributed by atoms with E-state index >= 15 is 0 Å². The van der Waals surface area contributed by atoms with Crippen molar-refractivity contribution in [3.63, 3.8) is 0 Å². The lowest BCUT2D eigenvalue weighted by atomic mass is 10.1. The van der Waals surface area contributed by atoms with Crippen LogP contribution in [0.1, 0.15) is 24.2 Å². The van der Waals surface area contributed by atoms with Crippen molar-refractivity contribution in [2.75, 3.05) is 19.7 Å². The SMILES string of the molecule is CCOC(=O)CN(CC)C(=O)c1c(F)cc(F)cc1F. The molecule has 0 spiro atoms. The van der Waals surface area contributed by atoms with E-state index in [1.54, 1.807) is 6.92 Å². The minimum absolute atomic E-state index is 0.0495. The summed E-state index contributed by atoms with van der Waals surface area (Å²) >= 11 is 0. The molecule has 0 aromatic heterocycles. The lowest BCUT2D eigenvalue weighted by Crippen LogP contribution is -2.37. The Labute approximate surface area is 114 Å². The van der Waals surface area contributed by atoms with Crippen molar-refractivity contribution in [1.29, 1.82) is 0 Å². The minimum atomic E-state index is -1.31. The molecule has 0 aliphatic carbocycles. The molecule has 1 aromatic carbocycles.